The van der Waals surface area contributed by atoms with Crippen molar-refractivity contribution in [3.05, 3.63) is 53.6 Å². The van der Waals surface area contributed by atoms with Crippen molar-refractivity contribution in [3.8, 4) is 11.1 Å². The Bertz CT molecular complexity index is 1130. The molecule has 0 unspecified atom stereocenters. The SMILES string of the molecule is COCCN(C)C(=O)c1cccc(C)c1-c1ccc2nc(N)c(N3CCOCC3)cc2c1. The van der Waals surface area contributed by atoms with E-state index in [1.165, 1.54) is 0 Å². The first-order chi connectivity index (χ1) is 15.5. The number of morpholine rings is 1. The van der Waals surface area contributed by atoms with Gasteiger partial charge in [-0.3, -0.25) is 4.79 Å². The quantitative estimate of drug-likeness (QED) is 0.641. The van der Waals surface area contributed by atoms with Crippen molar-refractivity contribution in [2.24, 2.45) is 0 Å². The van der Waals surface area contributed by atoms with Crippen LogP contribution in [-0.4, -0.2) is 69.4 Å². The number of amides is 1. The molecule has 0 spiro atoms. The maximum Gasteiger partial charge on any atom is 0.254 e. The minimum absolute atomic E-state index is 0.0229. The van der Waals surface area contributed by atoms with Gasteiger partial charge in [0, 0.05) is 44.7 Å². The fourth-order valence-electron chi connectivity index (χ4n) is 4.16. The number of aromatic nitrogens is 1. The molecule has 1 aromatic heterocycles. The Morgan fingerprint density at radius 3 is 2.75 bits per heavy atom. The Labute approximate surface area is 188 Å². The van der Waals surface area contributed by atoms with Crippen LogP contribution in [0.2, 0.25) is 0 Å². The summed E-state index contributed by atoms with van der Waals surface area (Å²) in [7, 11) is 3.44. The Morgan fingerprint density at radius 1 is 1.22 bits per heavy atom. The molecule has 3 aromatic rings. The fourth-order valence-corrected chi connectivity index (χ4v) is 4.16. The molecule has 0 saturated carbocycles. The second-order valence-corrected chi connectivity index (χ2v) is 8.12. The van der Waals surface area contributed by atoms with E-state index in [1.807, 2.05) is 37.3 Å². The normalized spacial score (nSPS) is 14.0. The Balaban J connectivity index is 1.76. The van der Waals surface area contributed by atoms with Crippen molar-refractivity contribution in [3.63, 3.8) is 0 Å². The number of hydrogen-bond donors (Lipinski definition) is 1. The highest BCUT2D eigenvalue weighted by Crippen LogP contribution is 2.33. The van der Waals surface area contributed by atoms with Crippen molar-refractivity contribution in [2.75, 3.05) is 64.2 Å². The summed E-state index contributed by atoms with van der Waals surface area (Å²) in [5, 5.41) is 0.993. The minimum atomic E-state index is -0.0229. The minimum Gasteiger partial charge on any atom is -0.383 e. The van der Waals surface area contributed by atoms with Crippen LogP contribution in [0.25, 0.3) is 22.0 Å². The van der Waals surface area contributed by atoms with Crippen LogP contribution in [-0.2, 0) is 9.47 Å². The van der Waals surface area contributed by atoms with Gasteiger partial charge in [0.05, 0.1) is 31.0 Å². The van der Waals surface area contributed by atoms with E-state index in [0.717, 1.165) is 46.4 Å². The number of anilines is 2. The molecule has 0 bridgehead atoms. The summed E-state index contributed by atoms with van der Waals surface area (Å²) in [5.74, 6) is 0.504. The molecule has 168 valence electrons. The molecule has 4 rings (SSSR count). The Hall–Kier alpha value is -3.16. The highest BCUT2D eigenvalue weighted by atomic mass is 16.5. The van der Waals surface area contributed by atoms with Crippen LogP contribution in [0.3, 0.4) is 0 Å². The summed E-state index contributed by atoms with van der Waals surface area (Å²) in [6.45, 7) is 6.02. The van der Waals surface area contributed by atoms with Gasteiger partial charge in [-0.15, -0.1) is 0 Å². The molecule has 1 saturated heterocycles. The van der Waals surface area contributed by atoms with Gasteiger partial charge in [0.1, 0.15) is 5.82 Å². The number of hydrogen-bond acceptors (Lipinski definition) is 6. The summed E-state index contributed by atoms with van der Waals surface area (Å²) >= 11 is 0. The van der Waals surface area contributed by atoms with E-state index in [1.54, 1.807) is 19.1 Å². The Morgan fingerprint density at radius 2 is 2.00 bits per heavy atom. The highest BCUT2D eigenvalue weighted by molar-refractivity contribution is 6.02. The number of carbonyl (C=O) groups is 1. The van der Waals surface area contributed by atoms with Gasteiger partial charge in [-0.2, -0.15) is 0 Å². The standard InChI is InChI=1S/C25H30N4O3/c1-17-5-4-6-20(25(30)28(2)9-12-31-3)23(17)18-7-8-21-19(15-18)16-22(24(26)27-21)29-10-13-32-14-11-29/h4-8,15-16H,9-14H2,1-3H3,(H2,26,27). The number of rotatable bonds is 6. The lowest BCUT2D eigenvalue weighted by Crippen LogP contribution is -2.36. The van der Waals surface area contributed by atoms with Gasteiger partial charge < -0.3 is 25.0 Å². The molecule has 7 nitrogen and oxygen atoms in total. The van der Waals surface area contributed by atoms with Gasteiger partial charge in [0.15, 0.2) is 0 Å². The summed E-state index contributed by atoms with van der Waals surface area (Å²) in [4.78, 5) is 21.7. The van der Waals surface area contributed by atoms with Crippen LogP contribution < -0.4 is 10.6 Å². The van der Waals surface area contributed by atoms with Gasteiger partial charge in [-0.25, -0.2) is 4.98 Å². The topological polar surface area (TPSA) is 80.9 Å². The summed E-state index contributed by atoms with van der Waals surface area (Å²) in [6, 6.07) is 14.0. The predicted molar refractivity (Wildman–Crippen MR) is 128 cm³/mol. The molecular formula is C25H30N4O3. The number of methoxy groups -OCH3 is 1. The molecule has 1 fully saturated rings. The molecule has 2 heterocycles. The summed E-state index contributed by atoms with van der Waals surface area (Å²) < 4.78 is 10.6. The average molecular weight is 435 g/mol. The zero-order chi connectivity index (χ0) is 22.7. The Kier molecular flexibility index (Phi) is 6.58. The third-order valence-corrected chi connectivity index (χ3v) is 5.94. The van der Waals surface area contributed by atoms with Crippen LogP contribution in [0.4, 0.5) is 11.5 Å². The third kappa shape index (κ3) is 4.40. The van der Waals surface area contributed by atoms with Crippen molar-refractivity contribution < 1.29 is 14.3 Å². The van der Waals surface area contributed by atoms with Gasteiger partial charge in [0.25, 0.3) is 5.91 Å². The fraction of sp³-hybridized carbons (Fsp3) is 0.360. The second-order valence-electron chi connectivity index (χ2n) is 8.12. The second kappa shape index (κ2) is 9.54. The van der Waals surface area contributed by atoms with Gasteiger partial charge >= 0.3 is 0 Å². The van der Waals surface area contributed by atoms with Crippen LogP contribution in [0.15, 0.2) is 42.5 Å². The number of pyridine rings is 1. The van der Waals surface area contributed by atoms with E-state index >= 15 is 0 Å². The van der Waals surface area contributed by atoms with E-state index < -0.39 is 0 Å². The lowest BCUT2D eigenvalue weighted by Gasteiger charge is -2.29. The van der Waals surface area contributed by atoms with Crippen LogP contribution >= 0.6 is 0 Å². The van der Waals surface area contributed by atoms with E-state index in [4.69, 9.17) is 15.2 Å². The lowest BCUT2D eigenvalue weighted by atomic mass is 9.93. The van der Waals surface area contributed by atoms with E-state index in [0.29, 0.717) is 37.7 Å². The number of likely N-dealkylation sites (N-methyl/N-ethyl adjacent to an activating group) is 1. The molecular weight excluding hydrogens is 404 g/mol. The molecule has 2 N–H and O–H groups in total. The van der Waals surface area contributed by atoms with Crippen molar-refractivity contribution in [2.45, 2.75) is 6.92 Å². The number of nitrogens with two attached hydrogens (primary N) is 1. The number of carbonyl (C=O) groups excluding carboxylic acids is 1. The van der Waals surface area contributed by atoms with E-state index in [2.05, 4.69) is 22.0 Å². The molecule has 1 aliphatic rings. The predicted octanol–water partition coefficient (Wildman–Crippen LogP) is 3.35. The first-order valence-corrected chi connectivity index (χ1v) is 10.9. The van der Waals surface area contributed by atoms with Gasteiger partial charge in [-0.1, -0.05) is 18.2 Å². The smallest absolute Gasteiger partial charge is 0.254 e. The van der Waals surface area contributed by atoms with Gasteiger partial charge in [0.2, 0.25) is 0 Å². The van der Waals surface area contributed by atoms with Crippen molar-refractivity contribution >= 4 is 28.3 Å². The molecule has 0 radical (unpaired) electrons. The number of ether oxygens (including phenoxy) is 2. The number of nitrogen functional groups attached to an aromatic ring is 1. The average Bonchev–Trinajstić information content (AvgIpc) is 2.81. The maximum absolute atomic E-state index is 13.2. The maximum atomic E-state index is 13.2. The summed E-state index contributed by atoms with van der Waals surface area (Å²) in [6.07, 6.45) is 0. The summed E-state index contributed by atoms with van der Waals surface area (Å²) in [5.41, 5.74) is 11.7. The van der Waals surface area contributed by atoms with Crippen molar-refractivity contribution in [1.29, 1.82) is 0 Å². The van der Waals surface area contributed by atoms with E-state index in [9.17, 15) is 4.79 Å². The molecule has 1 amide bonds. The van der Waals surface area contributed by atoms with Gasteiger partial charge in [-0.05, 0) is 47.9 Å². The molecule has 0 aliphatic carbocycles. The van der Waals surface area contributed by atoms with Crippen LogP contribution in [0.1, 0.15) is 15.9 Å². The number of benzene rings is 2. The number of fused-ring (bicyclic) bond motifs is 1. The van der Waals surface area contributed by atoms with Crippen molar-refractivity contribution in [1.82, 2.24) is 9.88 Å². The number of nitrogens with zero attached hydrogens (tertiary/aromatic N) is 3. The number of aryl methyl sites for hydroxylation is 1. The first-order valence-electron chi connectivity index (χ1n) is 10.9. The first kappa shape index (κ1) is 22.0. The molecule has 0 atom stereocenters. The monoisotopic (exact) mass is 434 g/mol. The highest BCUT2D eigenvalue weighted by Gasteiger charge is 2.20. The molecule has 7 heteroatoms. The molecule has 2 aromatic carbocycles. The van der Waals surface area contributed by atoms with E-state index in [-0.39, 0.29) is 5.91 Å². The third-order valence-electron chi connectivity index (χ3n) is 5.94. The molecule has 32 heavy (non-hydrogen) atoms. The zero-order valence-electron chi connectivity index (χ0n) is 18.9. The zero-order valence-corrected chi connectivity index (χ0v) is 18.9. The lowest BCUT2D eigenvalue weighted by molar-refractivity contribution is 0.0745. The largest absolute Gasteiger partial charge is 0.383 e. The van der Waals surface area contributed by atoms with Crippen LogP contribution in [0.5, 0.6) is 0 Å². The van der Waals surface area contributed by atoms with Crippen LogP contribution in [0, 0.1) is 6.92 Å². The molecule has 1 aliphatic heterocycles.